The number of hydrogen-bond acceptors (Lipinski definition) is 4. The van der Waals surface area contributed by atoms with Gasteiger partial charge in [-0.2, -0.15) is 0 Å². The zero-order chi connectivity index (χ0) is 19.3. The van der Waals surface area contributed by atoms with Gasteiger partial charge in [-0.05, 0) is 43.5 Å². The summed E-state index contributed by atoms with van der Waals surface area (Å²) in [6.45, 7) is 8.51. The molecule has 7 heteroatoms. The standard InChI is InChI=1S/C19H28FN3O3/c1-13(2)12-17(19(25)26)21-18(24)14(3)22-8-10-23(11-9-22)16-6-4-15(20)5-7-16/h4-7,13-14,17H,8-12H2,1-3H3,(H,21,24)(H,25,26). The Kier molecular flexibility index (Phi) is 6.97. The highest BCUT2D eigenvalue weighted by molar-refractivity contribution is 5.86. The highest BCUT2D eigenvalue weighted by Gasteiger charge is 2.29. The fourth-order valence-corrected chi connectivity index (χ4v) is 3.17. The monoisotopic (exact) mass is 365 g/mol. The van der Waals surface area contributed by atoms with Crippen LogP contribution in [0.25, 0.3) is 0 Å². The summed E-state index contributed by atoms with van der Waals surface area (Å²) in [6.07, 6.45) is 0.409. The van der Waals surface area contributed by atoms with Crippen LogP contribution in [0, 0.1) is 11.7 Å². The lowest BCUT2D eigenvalue weighted by Crippen LogP contribution is -2.56. The van der Waals surface area contributed by atoms with E-state index in [4.69, 9.17) is 0 Å². The van der Waals surface area contributed by atoms with E-state index in [1.165, 1.54) is 12.1 Å². The molecule has 1 aromatic rings. The summed E-state index contributed by atoms with van der Waals surface area (Å²) in [5.74, 6) is -1.33. The number of carboxylic acid groups (broad SMARTS) is 1. The summed E-state index contributed by atoms with van der Waals surface area (Å²) >= 11 is 0. The molecule has 144 valence electrons. The minimum Gasteiger partial charge on any atom is -0.480 e. The number of benzene rings is 1. The zero-order valence-corrected chi connectivity index (χ0v) is 15.6. The maximum absolute atomic E-state index is 13.0. The van der Waals surface area contributed by atoms with Gasteiger partial charge in [-0.15, -0.1) is 0 Å². The summed E-state index contributed by atoms with van der Waals surface area (Å²) in [5.41, 5.74) is 0.964. The van der Waals surface area contributed by atoms with Gasteiger partial charge < -0.3 is 15.3 Å². The van der Waals surface area contributed by atoms with Gasteiger partial charge in [0, 0.05) is 31.9 Å². The van der Waals surface area contributed by atoms with Gasteiger partial charge in [-0.25, -0.2) is 9.18 Å². The van der Waals surface area contributed by atoms with Crippen molar-refractivity contribution < 1.29 is 19.1 Å². The van der Waals surface area contributed by atoms with Crippen molar-refractivity contribution in [2.45, 2.75) is 39.3 Å². The fraction of sp³-hybridized carbons (Fsp3) is 0.579. The Bertz CT molecular complexity index is 613. The Balaban J connectivity index is 1.88. The number of amides is 1. The van der Waals surface area contributed by atoms with Crippen LogP contribution in [0.5, 0.6) is 0 Å². The number of nitrogens with one attached hydrogen (secondary N) is 1. The lowest BCUT2D eigenvalue weighted by molar-refractivity contribution is -0.143. The van der Waals surface area contributed by atoms with E-state index in [9.17, 15) is 19.1 Å². The van der Waals surface area contributed by atoms with Gasteiger partial charge in [0.15, 0.2) is 0 Å². The van der Waals surface area contributed by atoms with Crippen LogP contribution >= 0.6 is 0 Å². The summed E-state index contributed by atoms with van der Waals surface area (Å²) in [5, 5.41) is 11.9. The third kappa shape index (κ3) is 5.42. The van der Waals surface area contributed by atoms with E-state index < -0.39 is 12.0 Å². The molecule has 1 amide bonds. The van der Waals surface area contributed by atoms with Gasteiger partial charge in [0.25, 0.3) is 0 Å². The zero-order valence-electron chi connectivity index (χ0n) is 15.6. The molecule has 0 spiro atoms. The third-order valence-corrected chi connectivity index (χ3v) is 4.75. The molecule has 1 aromatic carbocycles. The molecule has 1 fully saturated rings. The quantitative estimate of drug-likeness (QED) is 0.773. The Morgan fingerprint density at radius 2 is 1.69 bits per heavy atom. The molecule has 0 saturated carbocycles. The van der Waals surface area contributed by atoms with Crippen LogP contribution in [-0.2, 0) is 9.59 Å². The normalized spacial score (nSPS) is 17.8. The molecule has 0 radical (unpaired) electrons. The Hall–Kier alpha value is -2.15. The van der Waals surface area contributed by atoms with Crippen molar-refractivity contribution in [3.63, 3.8) is 0 Å². The van der Waals surface area contributed by atoms with Crippen molar-refractivity contribution in [2.75, 3.05) is 31.1 Å². The second-order valence-corrected chi connectivity index (χ2v) is 7.20. The number of aliphatic carboxylic acids is 1. The number of piperazine rings is 1. The van der Waals surface area contributed by atoms with E-state index in [1.54, 1.807) is 19.1 Å². The second kappa shape index (κ2) is 8.98. The van der Waals surface area contributed by atoms with E-state index in [0.717, 1.165) is 18.8 Å². The number of carboxylic acids is 1. The number of nitrogens with zero attached hydrogens (tertiary/aromatic N) is 2. The van der Waals surface area contributed by atoms with Crippen LogP contribution < -0.4 is 10.2 Å². The highest BCUT2D eigenvalue weighted by Crippen LogP contribution is 2.18. The molecule has 26 heavy (non-hydrogen) atoms. The van der Waals surface area contributed by atoms with Crippen molar-refractivity contribution in [1.29, 1.82) is 0 Å². The van der Waals surface area contributed by atoms with Crippen molar-refractivity contribution in [3.8, 4) is 0 Å². The van der Waals surface area contributed by atoms with Gasteiger partial charge in [-0.3, -0.25) is 9.69 Å². The van der Waals surface area contributed by atoms with Crippen molar-refractivity contribution in [2.24, 2.45) is 5.92 Å². The Morgan fingerprint density at radius 3 is 2.19 bits per heavy atom. The van der Waals surface area contributed by atoms with E-state index in [0.29, 0.717) is 19.5 Å². The maximum atomic E-state index is 13.0. The molecule has 2 rings (SSSR count). The lowest BCUT2D eigenvalue weighted by atomic mass is 10.0. The van der Waals surface area contributed by atoms with Gasteiger partial charge >= 0.3 is 5.97 Å². The molecule has 0 aromatic heterocycles. The first kappa shape index (κ1) is 20.2. The number of halogens is 1. The molecule has 1 aliphatic rings. The highest BCUT2D eigenvalue weighted by atomic mass is 19.1. The van der Waals surface area contributed by atoms with E-state index in [-0.39, 0.29) is 23.7 Å². The molecule has 1 heterocycles. The van der Waals surface area contributed by atoms with E-state index >= 15 is 0 Å². The first-order chi connectivity index (χ1) is 12.3. The number of hydrogen-bond donors (Lipinski definition) is 2. The van der Waals surface area contributed by atoms with E-state index in [1.807, 2.05) is 18.7 Å². The molecular formula is C19H28FN3O3. The average molecular weight is 365 g/mol. The topological polar surface area (TPSA) is 72.9 Å². The first-order valence-corrected chi connectivity index (χ1v) is 9.05. The van der Waals surface area contributed by atoms with Gasteiger partial charge in [0.1, 0.15) is 11.9 Å². The molecular weight excluding hydrogens is 337 g/mol. The van der Waals surface area contributed by atoms with Crippen molar-refractivity contribution in [3.05, 3.63) is 30.1 Å². The minimum absolute atomic E-state index is 0.186. The summed E-state index contributed by atoms with van der Waals surface area (Å²) < 4.78 is 13.0. The fourth-order valence-electron chi connectivity index (χ4n) is 3.17. The average Bonchev–Trinajstić information content (AvgIpc) is 2.61. The predicted octanol–water partition coefficient (Wildman–Crippen LogP) is 1.95. The van der Waals surface area contributed by atoms with E-state index in [2.05, 4.69) is 10.2 Å². The van der Waals surface area contributed by atoms with Crippen molar-refractivity contribution in [1.82, 2.24) is 10.2 Å². The number of carbonyl (C=O) groups excluding carboxylic acids is 1. The smallest absolute Gasteiger partial charge is 0.326 e. The third-order valence-electron chi connectivity index (χ3n) is 4.75. The van der Waals surface area contributed by atoms with Crippen LogP contribution in [0.2, 0.25) is 0 Å². The van der Waals surface area contributed by atoms with Crippen LogP contribution in [0.15, 0.2) is 24.3 Å². The maximum Gasteiger partial charge on any atom is 0.326 e. The molecule has 2 N–H and O–H groups in total. The van der Waals surface area contributed by atoms with Gasteiger partial charge in [0.2, 0.25) is 5.91 Å². The molecule has 2 unspecified atom stereocenters. The molecule has 1 aliphatic heterocycles. The summed E-state index contributed by atoms with van der Waals surface area (Å²) in [6, 6.07) is 5.15. The molecule has 0 aliphatic carbocycles. The molecule has 1 saturated heterocycles. The number of rotatable bonds is 7. The van der Waals surface area contributed by atoms with Crippen LogP contribution in [-0.4, -0.2) is 60.1 Å². The van der Waals surface area contributed by atoms with Crippen molar-refractivity contribution >= 4 is 17.6 Å². The summed E-state index contributed by atoms with van der Waals surface area (Å²) in [7, 11) is 0. The SMILES string of the molecule is CC(C)CC(NC(=O)C(C)N1CCN(c2ccc(F)cc2)CC1)C(=O)O. The van der Waals surface area contributed by atoms with Gasteiger partial charge in [-0.1, -0.05) is 13.8 Å². The largest absolute Gasteiger partial charge is 0.480 e. The minimum atomic E-state index is -1.000. The first-order valence-electron chi connectivity index (χ1n) is 9.05. The van der Waals surface area contributed by atoms with Gasteiger partial charge in [0.05, 0.1) is 6.04 Å². The Morgan fingerprint density at radius 1 is 1.12 bits per heavy atom. The lowest BCUT2D eigenvalue weighted by Gasteiger charge is -2.38. The molecule has 6 nitrogen and oxygen atoms in total. The predicted molar refractivity (Wildman–Crippen MR) is 98.7 cm³/mol. The Labute approximate surface area is 154 Å². The molecule has 2 atom stereocenters. The second-order valence-electron chi connectivity index (χ2n) is 7.20. The van der Waals surface area contributed by atoms with Crippen LogP contribution in [0.1, 0.15) is 27.2 Å². The molecule has 0 bridgehead atoms. The van der Waals surface area contributed by atoms with Crippen LogP contribution in [0.4, 0.5) is 10.1 Å². The number of anilines is 1. The van der Waals surface area contributed by atoms with Crippen LogP contribution in [0.3, 0.4) is 0 Å². The number of carbonyl (C=O) groups is 2. The summed E-state index contributed by atoms with van der Waals surface area (Å²) in [4.78, 5) is 28.0.